The van der Waals surface area contributed by atoms with Crippen LogP contribution in [0.25, 0.3) is 0 Å². The summed E-state index contributed by atoms with van der Waals surface area (Å²) in [5.41, 5.74) is 3.54. The Labute approximate surface area is 114 Å². The normalized spacial score (nSPS) is 11.4. The topological polar surface area (TPSA) is 47.7 Å². The van der Waals surface area contributed by atoms with Gasteiger partial charge in [-0.3, -0.25) is 9.36 Å². The Kier molecular flexibility index (Phi) is 4.37. The van der Waals surface area contributed by atoms with Gasteiger partial charge in [0.25, 0.3) is 0 Å². The first-order valence-corrected chi connectivity index (χ1v) is 6.86. The number of nitrogens with one attached hydrogen (secondary N) is 1. The second kappa shape index (κ2) is 6.02. The van der Waals surface area contributed by atoms with Crippen LogP contribution in [0.1, 0.15) is 37.6 Å². The zero-order valence-corrected chi connectivity index (χ0v) is 12.2. The molecule has 5 nitrogen and oxygen atoms in total. The third-order valence-electron chi connectivity index (χ3n) is 3.10. The van der Waals surface area contributed by atoms with Crippen LogP contribution in [-0.4, -0.2) is 25.6 Å². The number of aryl methyl sites for hydroxylation is 2. The number of hydrogen-bond acceptors (Lipinski definition) is 3. The first-order valence-electron chi connectivity index (χ1n) is 6.86. The van der Waals surface area contributed by atoms with E-state index in [0.29, 0.717) is 6.04 Å². The van der Waals surface area contributed by atoms with Gasteiger partial charge in [0.15, 0.2) is 0 Å². The molecule has 19 heavy (non-hydrogen) atoms. The number of aromatic nitrogens is 4. The van der Waals surface area contributed by atoms with E-state index in [1.165, 1.54) is 11.1 Å². The summed E-state index contributed by atoms with van der Waals surface area (Å²) in [6.07, 6.45) is 6.10. The molecule has 2 aromatic heterocycles. The smallest absolute Gasteiger partial charge is 0.0690 e. The van der Waals surface area contributed by atoms with Gasteiger partial charge in [-0.1, -0.05) is 13.8 Å². The van der Waals surface area contributed by atoms with Gasteiger partial charge in [0.05, 0.1) is 18.4 Å². The molecule has 2 rings (SSSR count). The average Bonchev–Trinajstić information content (AvgIpc) is 2.94. The van der Waals surface area contributed by atoms with Gasteiger partial charge in [0.2, 0.25) is 0 Å². The fraction of sp³-hybridized carbons (Fsp3) is 0.571. The molecule has 0 atom stereocenters. The largest absolute Gasteiger partial charge is 0.310 e. The van der Waals surface area contributed by atoms with Crippen LogP contribution in [0.5, 0.6) is 0 Å². The third-order valence-corrected chi connectivity index (χ3v) is 3.10. The number of rotatable bonds is 6. The van der Waals surface area contributed by atoms with Crippen LogP contribution in [0.4, 0.5) is 0 Å². The van der Waals surface area contributed by atoms with Crippen molar-refractivity contribution in [1.29, 1.82) is 0 Å². The highest BCUT2D eigenvalue weighted by atomic mass is 15.3. The minimum Gasteiger partial charge on any atom is -0.310 e. The van der Waals surface area contributed by atoms with Crippen molar-refractivity contribution in [2.45, 2.75) is 53.4 Å². The number of nitrogens with zero attached hydrogens (tertiary/aromatic N) is 4. The predicted octanol–water partition coefficient (Wildman–Crippen LogP) is 1.95. The zero-order chi connectivity index (χ0) is 13.8. The van der Waals surface area contributed by atoms with Crippen LogP contribution in [0.15, 0.2) is 18.6 Å². The van der Waals surface area contributed by atoms with E-state index in [1.807, 2.05) is 15.6 Å². The molecule has 0 aliphatic heterocycles. The van der Waals surface area contributed by atoms with Gasteiger partial charge in [0, 0.05) is 42.7 Å². The van der Waals surface area contributed by atoms with E-state index < -0.39 is 0 Å². The molecule has 5 heteroatoms. The fourth-order valence-corrected chi connectivity index (χ4v) is 1.98. The molecule has 0 fully saturated rings. The molecule has 0 aliphatic carbocycles. The van der Waals surface area contributed by atoms with Crippen molar-refractivity contribution in [1.82, 2.24) is 24.9 Å². The lowest BCUT2D eigenvalue weighted by Gasteiger charge is -2.06. The molecule has 1 N–H and O–H groups in total. The fourth-order valence-electron chi connectivity index (χ4n) is 1.98. The molecule has 0 radical (unpaired) electrons. The van der Waals surface area contributed by atoms with E-state index >= 15 is 0 Å². The Morgan fingerprint density at radius 2 is 2.05 bits per heavy atom. The average molecular weight is 261 g/mol. The summed E-state index contributed by atoms with van der Waals surface area (Å²) in [6, 6.07) is 0.491. The maximum Gasteiger partial charge on any atom is 0.0690 e. The summed E-state index contributed by atoms with van der Waals surface area (Å²) in [4.78, 5) is 0. The van der Waals surface area contributed by atoms with Crippen LogP contribution < -0.4 is 5.32 Å². The molecule has 0 saturated carbocycles. The van der Waals surface area contributed by atoms with E-state index in [2.05, 4.69) is 55.6 Å². The van der Waals surface area contributed by atoms with Crippen LogP contribution in [0, 0.1) is 6.92 Å². The molecule has 0 bridgehead atoms. The van der Waals surface area contributed by atoms with Crippen molar-refractivity contribution in [2.75, 3.05) is 0 Å². The Morgan fingerprint density at radius 1 is 1.26 bits per heavy atom. The second-order valence-corrected chi connectivity index (χ2v) is 5.18. The summed E-state index contributed by atoms with van der Waals surface area (Å²) in [5.74, 6) is 0. The summed E-state index contributed by atoms with van der Waals surface area (Å²) in [5, 5.41) is 12.3. The first kappa shape index (κ1) is 13.8. The lowest BCUT2D eigenvalue weighted by atomic mass is 10.2. The van der Waals surface area contributed by atoms with Gasteiger partial charge in [-0.25, -0.2) is 0 Å². The van der Waals surface area contributed by atoms with E-state index in [1.54, 1.807) is 0 Å². The van der Waals surface area contributed by atoms with Gasteiger partial charge < -0.3 is 5.32 Å². The molecule has 104 valence electrons. The molecular weight excluding hydrogens is 238 g/mol. The molecule has 2 aromatic rings. The van der Waals surface area contributed by atoms with Crippen LogP contribution in [0.3, 0.4) is 0 Å². The van der Waals surface area contributed by atoms with Crippen LogP contribution >= 0.6 is 0 Å². The molecule has 0 aliphatic rings. The van der Waals surface area contributed by atoms with Crippen LogP contribution in [-0.2, 0) is 19.6 Å². The van der Waals surface area contributed by atoms with E-state index in [9.17, 15) is 0 Å². The van der Waals surface area contributed by atoms with E-state index in [4.69, 9.17) is 0 Å². The van der Waals surface area contributed by atoms with Gasteiger partial charge >= 0.3 is 0 Å². The van der Waals surface area contributed by atoms with Crippen molar-refractivity contribution in [3.8, 4) is 0 Å². The third kappa shape index (κ3) is 3.67. The Hall–Kier alpha value is -1.62. The quantitative estimate of drug-likeness (QED) is 0.864. The molecular formula is C14H23N5. The zero-order valence-electron chi connectivity index (χ0n) is 12.2. The van der Waals surface area contributed by atoms with Crippen molar-refractivity contribution in [3.63, 3.8) is 0 Å². The predicted molar refractivity (Wildman–Crippen MR) is 75.9 cm³/mol. The molecule has 0 saturated heterocycles. The monoisotopic (exact) mass is 261 g/mol. The van der Waals surface area contributed by atoms with Gasteiger partial charge in [0.1, 0.15) is 0 Å². The summed E-state index contributed by atoms with van der Waals surface area (Å²) in [7, 11) is 0. The minimum atomic E-state index is 0.491. The summed E-state index contributed by atoms with van der Waals surface area (Å²) >= 11 is 0. The Morgan fingerprint density at radius 3 is 2.68 bits per heavy atom. The molecule has 0 amide bonds. The van der Waals surface area contributed by atoms with Crippen molar-refractivity contribution in [3.05, 3.63) is 35.4 Å². The highest BCUT2D eigenvalue weighted by Gasteiger charge is 2.06. The van der Waals surface area contributed by atoms with Gasteiger partial charge in [-0.05, 0) is 13.8 Å². The Bertz CT molecular complexity index is 524. The molecule has 0 unspecified atom stereocenters. The lowest BCUT2D eigenvalue weighted by Crippen LogP contribution is -2.21. The van der Waals surface area contributed by atoms with Gasteiger partial charge in [-0.15, -0.1) is 0 Å². The Balaban J connectivity index is 2.03. The van der Waals surface area contributed by atoms with E-state index in [-0.39, 0.29) is 0 Å². The first-order chi connectivity index (χ1) is 9.08. The highest BCUT2D eigenvalue weighted by Crippen LogP contribution is 2.08. The minimum absolute atomic E-state index is 0.491. The summed E-state index contributed by atoms with van der Waals surface area (Å²) < 4.78 is 3.93. The molecule has 2 heterocycles. The van der Waals surface area contributed by atoms with Crippen LogP contribution in [0.2, 0.25) is 0 Å². The second-order valence-electron chi connectivity index (χ2n) is 5.18. The number of hydrogen-bond donors (Lipinski definition) is 1. The maximum absolute atomic E-state index is 4.56. The SMILES string of the molecule is CCn1cc(Cn2cc(CNC(C)C)c(C)n2)cn1. The highest BCUT2D eigenvalue weighted by molar-refractivity contribution is 5.16. The maximum atomic E-state index is 4.56. The molecule has 0 aromatic carbocycles. The van der Waals surface area contributed by atoms with Gasteiger partial charge in [-0.2, -0.15) is 10.2 Å². The standard InChI is InChI=1S/C14H23N5/c1-5-18-8-13(6-16-18)9-19-10-14(12(4)17-19)7-15-11(2)3/h6,8,10-11,15H,5,7,9H2,1-4H3. The summed E-state index contributed by atoms with van der Waals surface area (Å²) in [6.45, 7) is 11.0. The van der Waals surface area contributed by atoms with Crippen molar-refractivity contribution >= 4 is 0 Å². The van der Waals surface area contributed by atoms with Crippen molar-refractivity contribution in [2.24, 2.45) is 0 Å². The molecule has 0 spiro atoms. The van der Waals surface area contributed by atoms with E-state index in [0.717, 1.165) is 25.3 Å². The lowest BCUT2D eigenvalue weighted by molar-refractivity contribution is 0.587. The van der Waals surface area contributed by atoms with Crippen molar-refractivity contribution < 1.29 is 0 Å².